The van der Waals surface area contributed by atoms with E-state index < -0.39 is 10.0 Å². The predicted octanol–water partition coefficient (Wildman–Crippen LogP) is 0.666. The summed E-state index contributed by atoms with van der Waals surface area (Å²) in [6.45, 7) is 1.88. The Morgan fingerprint density at radius 1 is 1.14 bits per heavy atom. The Kier molecular flexibility index (Phi) is 9.73. The van der Waals surface area contributed by atoms with Gasteiger partial charge in [0, 0.05) is 59.1 Å². The fraction of sp³-hybridized carbons (Fsp3) is 0.143. The smallest absolute Gasteiger partial charge is 0.206 e. The third-order valence-electron chi connectivity index (χ3n) is 1.43. The van der Waals surface area contributed by atoms with Crippen LogP contribution >= 0.6 is 11.8 Å². The molecule has 0 atom stereocenters. The van der Waals surface area contributed by atoms with Gasteiger partial charge in [0.2, 0.25) is 0 Å². The molecule has 0 bridgehead atoms. The van der Waals surface area contributed by atoms with Crippen LogP contribution in [-0.4, -0.2) is 67.5 Å². The van der Waals surface area contributed by atoms with Crippen LogP contribution < -0.4 is 4.24 Å². The summed E-state index contributed by atoms with van der Waals surface area (Å²) in [5.74, 6) is 0. The maximum atomic E-state index is 11.1. The first kappa shape index (κ1) is 17.8. The number of benzene rings is 1. The van der Waals surface area contributed by atoms with Gasteiger partial charge in [-0.2, -0.15) is 0 Å². The molecule has 1 rings (SSSR count). The molecule has 0 saturated heterocycles. The van der Waals surface area contributed by atoms with Crippen LogP contribution in [0, 0.1) is 6.92 Å². The summed E-state index contributed by atoms with van der Waals surface area (Å²) in [6, 6.07) is 6.42. The maximum absolute atomic E-state index is 11.1. The van der Waals surface area contributed by atoms with Gasteiger partial charge in [-0.05, 0) is 30.8 Å². The van der Waals surface area contributed by atoms with Gasteiger partial charge in [-0.25, -0.2) is 8.42 Å². The molecule has 0 aliphatic carbocycles. The molecule has 2 radical (unpaired) electrons. The van der Waals surface area contributed by atoms with Crippen molar-refractivity contribution in [2.45, 2.75) is 11.8 Å². The summed E-state index contributed by atoms with van der Waals surface area (Å²) in [5.41, 5.74) is 1.00. The van der Waals surface area contributed by atoms with Crippen LogP contribution in [-0.2, 0) is 10.0 Å². The SMILES string of the molecule is Cc1ccc(S(=O)(=O)NCl)cc1.[Na].[Na]. The molecule has 0 heterocycles. The molecule has 1 aromatic carbocycles. The number of halogens is 1. The Morgan fingerprint density at radius 3 is 1.93 bits per heavy atom. The van der Waals surface area contributed by atoms with Crippen molar-refractivity contribution in [3.63, 3.8) is 0 Å². The van der Waals surface area contributed by atoms with Gasteiger partial charge in [0.1, 0.15) is 0 Å². The molecule has 0 unspecified atom stereocenters. The third kappa shape index (κ3) is 4.96. The molecule has 7 heteroatoms. The summed E-state index contributed by atoms with van der Waals surface area (Å²) in [7, 11) is -3.50. The van der Waals surface area contributed by atoms with Crippen LogP contribution in [0.3, 0.4) is 0 Å². The quantitative estimate of drug-likeness (QED) is 0.620. The molecule has 14 heavy (non-hydrogen) atoms. The summed E-state index contributed by atoms with van der Waals surface area (Å²) >= 11 is 5.03. The Morgan fingerprint density at radius 2 is 1.57 bits per heavy atom. The molecule has 0 aromatic heterocycles. The van der Waals surface area contributed by atoms with Gasteiger partial charge in [0.25, 0.3) is 10.0 Å². The second kappa shape index (κ2) is 7.65. The number of hydrogen-bond donors (Lipinski definition) is 1. The minimum atomic E-state index is -3.50. The first-order valence-electron chi connectivity index (χ1n) is 3.25. The largest absolute Gasteiger partial charge is 0.253 e. The zero-order chi connectivity index (χ0) is 9.19. The van der Waals surface area contributed by atoms with E-state index in [9.17, 15) is 8.42 Å². The molecule has 0 aliphatic heterocycles. The fourth-order valence-electron chi connectivity index (χ4n) is 0.762. The second-order valence-electron chi connectivity index (χ2n) is 2.39. The standard InChI is InChI=1S/C7H8ClNO2S.2Na/c1-6-2-4-7(5-3-6)12(10,11)9-8;;/h2-5,9H,1H3;;. The molecule has 0 aliphatic rings. The molecule has 1 aromatic rings. The van der Waals surface area contributed by atoms with Crippen LogP contribution in [0.2, 0.25) is 0 Å². The number of rotatable bonds is 2. The van der Waals surface area contributed by atoms with Crippen molar-refractivity contribution in [3.05, 3.63) is 29.8 Å². The van der Waals surface area contributed by atoms with Crippen LogP contribution in [0.5, 0.6) is 0 Å². The van der Waals surface area contributed by atoms with E-state index in [-0.39, 0.29) is 64.0 Å². The van der Waals surface area contributed by atoms with Crippen LogP contribution in [0.15, 0.2) is 29.2 Å². The van der Waals surface area contributed by atoms with E-state index >= 15 is 0 Å². The predicted molar refractivity (Wildman–Crippen MR) is 58.9 cm³/mol. The molecular weight excluding hydrogens is 244 g/mol. The monoisotopic (exact) mass is 251 g/mol. The number of hydrogen-bond acceptors (Lipinski definition) is 2. The first-order chi connectivity index (χ1) is 5.56. The molecule has 1 N–H and O–H groups in total. The summed E-state index contributed by atoms with van der Waals surface area (Å²) in [4.78, 5) is 0.170. The molecule has 0 spiro atoms. The van der Waals surface area contributed by atoms with E-state index in [0.29, 0.717) is 0 Å². The van der Waals surface area contributed by atoms with Gasteiger partial charge in [0.15, 0.2) is 0 Å². The molecule has 68 valence electrons. The van der Waals surface area contributed by atoms with Gasteiger partial charge in [-0.1, -0.05) is 17.7 Å². The zero-order valence-electron chi connectivity index (χ0n) is 8.41. The Hall–Kier alpha value is 1.42. The van der Waals surface area contributed by atoms with E-state index in [4.69, 9.17) is 11.8 Å². The zero-order valence-corrected chi connectivity index (χ0v) is 14.0. The van der Waals surface area contributed by atoms with Crippen molar-refractivity contribution in [3.8, 4) is 0 Å². The Bertz CT molecular complexity index is 366. The van der Waals surface area contributed by atoms with E-state index in [1.165, 1.54) is 12.1 Å². The molecule has 3 nitrogen and oxygen atoms in total. The Labute approximate surface area is 133 Å². The van der Waals surface area contributed by atoms with E-state index in [2.05, 4.69) is 0 Å². The van der Waals surface area contributed by atoms with Gasteiger partial charge in [-0.3, -0.25) is 0 Å². The van der Waals surface area contributed by atoms with Crippen molar-refractivity contribution < 1.29 is 8.42 Å². The van der Waals surface area contributed by atoms with Crippen molar-refractivity contribution in [2.24, 2.45) is 0 Å². The topological polar surface area (TPSA) is 46.2 Å². The van der Waals surface area contributed by atoms with Gasteiger partial charge in [0.05, 0.1) is 4.90 Å². The molecular formula is C7H8ClNNa2O2S. The van der Waals surface area contributed by atoms with E-state index in [0.717, 1.165) is 5.56 Å². The molecule has 0 amide bonds. The Balaban J connectivity index is 0. The average molecular weight is 252 g/mol. The number of sulfonamides is 1. The summed E-state index contributed by atoms with van der Waals surface area (Å²) in [5, 5.41) is 0. The van der Waals surface area contributed by atoms with Crippen molar-refractivity contribution in [2.75, 3.05) is 0 Å². The van der Waals surface area contributed by atoms with Gasteiger partial charge < -0.3 is 0 Å². The third-order valence-corrected chi connectivity index (χ3v) is 3.14. The second-order valence-corrected chi connectivity index (χ2v) is 4.49. The van der Waals surface area contributed by atoms with Crippen molar-refractivity contribution >= 4 is 80.9 Å². The van der Waals surface area contributed by atoms with E-state index in [1.807, 2.05) is 6.92 Å². The van der Waals surface area contributed by atoms with Crippen LogP contribution in [0.1, 0.15) is 5.56 Å². The minimum absolute atomic E-state index is 0. The summed E-state index contributed by atoms with van der Waals surface area (Å²) < 4.78 is 23.9. The normalized spacial score (nSPS) is 9.86. The van der Waals surface area contributed by atoms with Crippen LogP contribution in [0.4, 0.5) is 0 Å². The van der Waals surface area contributed by atoms with Gasteiger partial charge in [-0.15, -0.1) is 4.24 Å². The first-order valence-corrected chi connectivity index (χ1v) is 5.11. The average Bonchev–Trinajstić information content (AvgIpc) is 2.05. The van der Waals surface area contributed by atoms with E-state index in [1.54, 1.807) is 16.4 Å². The van der Waals surface area contributed by atoms with Crippen molar-refractivity contribution in [1.82, 2.24) is 4.24 Å². The molecule has 0 fully saturated rings. The number of nitrogens with one attached hydrogen (secondary N) is 1. The van der Waals surface area contributed by atoms with Gasteiger partial charge >= 0.3 is 0 Å². The van der Waals surface area contributed by atoms with Crippen molar-refractivity contribution in [1.29, 1.82) is 0 Å². The molecule has 0 saturated carbocycles. The fourth-order valence-corrected chi connectivity index (χ4v) is 1.61. The number of aryl methyl sites for hydroxylation is 1. The minimum Gasteiger partial charge on any atom is -0.206 e. The summed E-state index contributed by atoms with van der Waals surface area (Å²) in [6.07, 6.45) is 0. The van der Waals surface area contributed by atoms with Crippen LogP contribution in [0.25, 0.3) is 0 Å². The maximum Gasteiger partial charge on any atom is 0.253 e.